The summed E-state index contributed by atoms with van der Waals surface area (Å²) in [5.74, 6) is -0.109. The second-order valence-electron chi connectivity index (χ2n) is 2.29. The normalized spacial score (nSPS) is 11.6. The van der Waals surface area contributed by atoms with Gasteiger partial charge in [0.1, 0.15) is 6.04 Å². The third-order valence-corrected chi connectivity index (χ3v) is 1.10. The number of hydrogen-bond donors (Lipinski definition) is 1. The van der Waals surface area contributed by atoms with Crippen LogP contribution in [-0.4, -0.2) is 44.7 Å². The number of hydrogen-bond acceptors (Lipinski definition) is 3. The Labute approximate surface area is 73.1 Å². The highest BCUT2D eigenvalue weighted by Gasteiger charge is 2.13. The van der Waals surface area contributed by atoms with E-state index in [0.717, 1.165) is 0 Å². The Bertz CT molecular complexity index is 119. The van der Waals surface area contributed by atoms with Crippen LogP contribution in [0.5, 0.6) is 0 Å². The summed E-state index contributed by atoms with van der Waals surface area (Å²) < 4.78 is 4.70. The molecule has 0 aliphatic rings. The molecule has 5 heteroatoms. The number of carbonyl (C=O) groups is 1. The molecule has 1 atom stereocenters. The first-order valence-electron chi connectivity index (χ1n) is 3.05. The number of amides is 1. The Hall–Kier alpha value is -0.320. The number of methoxy groups -OCH3 is 1. The van der Waals surface area contributed by atoms with Gasteiger partial charge in [-0.3, -0.25) is 4.79 Å². The average molecular weight is 183 g/mol. The number of likely N-dealkylation sites (N-methyl/N-ethyl adjacent to an activating group) is 1. The van der Waals surface area contributed by atoms with E-state index in [2.05, 4.69) is 0 Å². The molecule has 0 fully saturated rings. The van der Waals surface area contributed by atoms with Gasteiger partial charge in [0.25, 0.3) is 0 Å². The van der Waals surface area contributed by atoms with Crippen LogP contribution < -0.4 is 5.73 Å². The van der Waals surface area contributed by atoms with Crippen molar-refractivity contribution < 1.29 is 9.53 Å². The molecule has 0 aliphatic heterocycles. The van der Waals surface area contributed by atoms with Crippen molar-refractivity contribution in [3.63, 3.8) is 0 Å². The smallest absolute Gasteiger partial charge is 0.241 e. The number of halogens is 1. The van der Waals surface area contributed by atoms with E-state index in [1.54, 1.807) is 14.1 Å². The summed E-state index contributed by atoms with van der Waals surface area (Å²) in [7, 11) is 4.85. The molecule has 0 aromatic heterocycles. The second-order valence-corrected chi connectivity index (χ2v) is 2.29. The monoisotopic (exact) mass is 182 g/mol. The van der Waals surface area contributed by atoms with Gasteiger partial charge in [-0.1, -0.05) is 0 Å². The van der Waals surface area contributed by atoms with Crippen molar-refractivity contribution in [2.75, 3.05) is 27.8 Å². The predicted octanol–water partition coefficient (Wildman–Crippen LogP) is -0.530. The first kappa shape index (κ1) is 13.3. The van der Waals surface area contributed by atoms with Gasteiger partial charge in [-0.05, 0) is 0 Å². The molecule has 2 N–H and O–H groups in total. The van der Waals surface area contributed by atoms with Gasteiger partial charge < -0.3 is 15.4 Å². The van der Waals surface area contributed by atoms with Crippen molar-refractivity contribution in [3.05, 3.63) is 0 Å². The van der Waals surface area contributed by atoms with Gasteiger partial charge in [0.2, 0.25) is 5.91 Å². The quantitative estimate of drug-likeness (QED) is 0.639. The first-order valence-corrected chi connectivity index (χ1v) is 3.05. The molecule has 4 nitrogen and oxygen atoms in total. The van der Waals surface area contributed by atoms with Gasteiger partial charge in [0, 0.05) is 21.2 Å². The zero-order valence-corrected chi connectivity index (χ0v) is 7.85. The van der Waals surface area contributed by atoms with Crippen LogP contribution >= 0.6 is 12.4 Å². The summed E-state index contributed by atoms with van der Waals surface area (Å²) in [6.45, 7) is 0.275. The Morgan fingerprint density at radius 1 is 1.64 bits per heavy atom. The van der Waals surface area contributed by atoms with Gasteiger partial charge >= 0.3 is 0 Å². The molecule has 0 spiro atoms. The van der Waals surface area contributed by atoms with E-state index in [4.69, 9.17) is 10.5 Å². The zero-order chi connectivity index (χ0) is 8.15. The van der Waals surface area contributed by atoms with Crippen LogP contribution in [0.25, 0.3) is 0 Å². The fourth-order valence-electron chi connectivity index (χ4n) is 0.582. The minimum Gasteiger partial charge on any atom is -0.383 e. The number of ether oxygens (including phenoxy) is 1. The number of nitrogens with two attached hydrogens (primary N) is 1. The summed E-state index contributed by atoms with van der Waals surface area (Å²) >= 11 is 0. The molecular weight excluding hydrogens is 168 g/mol. The lowest BCUT2D eigenvalue weighted by Gasteiger charge is -2.15. The minimum atomic E-state index is -0.528. The molecule has 68 valence electrons. The van der Waals surface area contributed by atoms with Gasteiger partial charge in [0.05, 0.1) is 6.61 Å². The maximum Gasteiger partial charge on any atom is 0.241 e. The highest BCUT2D eigenvalue weighted by atomic mass is 35.5. The largest absolute Gasteiger partial charge is 0.383 e. The lowest BCUT2D eigenvalue weighted by atomic mass is 10.3. The van der Waals surface area contributed by atoms with Crippen molar-refractivity contribution in [3.8, 4) is 0 Å². The molecular formula is C6H15ClN2O2. The topological polar surface area (TPSA) is 55.6 Å². The fraction of sp³-hybridized carbons (Fsp3) is 0.833. The lowest BCUT2D eigenvalue weighted by molar-refractivity contribution is -0.131. The fourth-order valence-corrected chi connectivity index (χ4v) is 0.582. The minimum absolute atomic E-state index is 0. The summed E-state index contributed by atoms with van der Waals surface area (Å²) in [6, 6.07) is -0.528. The lowest BCUT2D eigenvalue weighted by Crippen LogP contribution is -2.42. The van der Waals surface area contributed by atoms with Gasteiger partial charge in [-0.25, -0.2) is 0 Å². The third-order valence-electron chi connectivity index (χ3n) is 1.10. The Morgan fingerprint density at radius 2 is 2.09 bits per heavy atom. The molecule has 0 heterocycles. The van der Waals surface area contributed by atoms with Gasteiger partial charge in [-0.15, -0.1) is 12.4 Å². The van der Waals surface area contributed by atoms with Crippen LogP contribution in [-0.2, 0) is 9.53 Å². The van der Waals surface area contributed by atoms with Crippen molar-refractivity contribution in [2.45, 2.75) is 6.04 Å². The molecule has 0 saturated carbocycles. The van der Waals surface area contributed by atoms with E-state index in [1.165, 1.54) is 12.0 Å². The number of carbonyl (C=O) groups excluding carboxylic acids is 1. The molecule has 11 heavy (non-hydrogen) atoms. The van der Waals surface area contributed by atoms with Crippen molar-refractivity contribution in [1.29, 1.82) is 0 Å². The van der Waals surface area contributed by atoms with E-state index in [-0.39, 0.29) is 24.9 Å². The first-order chi connectivity index (χ1) is 4.59. The molecule has 0 aromatic rings. The predicted molar refractivity (Wildman–Crippen MR) is 45.8 cm³/mol. The van der Waals surface area contributed by atoms with Crippen molar-refractivity contribution >= 4 is 18.3 Å². The maximum atomic E-state index is 11.0. The van der Waals surface area contributed by atoms with Crippen LogP contribution in [0.1, 0.15) is 0 Å². The molecule has 1 amide bonds. The average Bonchev–Trinajstić information content (AvgIpc) is 1.87. The molecule has 0 radical (unpaired) electrons. The zero-order valence-electron chi connectivity index (χ0n) is 7.03. The van der Waals surface area contributed by atoms with Crippen molar-refractivity contribution in [1.82, 2.24) is 4.90 Å². The van der Waals surface area contributed by atoms with Gasteiger partial charge in [0.15, 0.2) is 0 Å². The van der Waals surface area contributed by atoms with Gasteiger partial charge in [-0.2, -0.15) is 0 Å². The van der Waals surface area contributed by atoms with E-state index < -0.39 is 6.04 Å². The van der Waals surface area contributed by atoms with Crippen molar-refractivity contribution in [2.24, 2.45) is 5.73 Å². The maximum absolute atomic E-state index is 11.0. The summed E-state index contributed by atoms with van der Waals surface area (Å²) in [4.78, 5) is 12.4. The molecule has 0 bridgehead atoms. The van der Waals surface area contributed by atoms with E-state index in [0.29, 0.717) is 0 Å². The number of rotatable bonds is 3. The molecule has 0 aromatic carbocycles. The van der Waals surface area contributed by atoms with Crippen LogP contribution in [0.4, 0.5) is 0 Å². The summed E-state index contributed by atoms with van der Waals surface area (Å²) in [6.07, 6.45) is 0. The van der Waals surface area contributed by atoms with Crippen LogP contribution in [0.2, 0.25) is 0 Å². The molecule has 0 unspecified atom stereocenters. The SMILES string of the molecule is COC[C@H](N)C(=O)N(C)C.Cl. The van der Waals surface area contributed by atoms with Crippen LogP contribution in [0.3, 0.4) is 0 Å². The molecule has 0 rings (SSSR count). The van der Waals surface area contributed by atoms with Crippen LogP contribution in [0, 0.1) is 0 Å². The highest BCUT2D eigenvalue weighted by molar-refractivity contribution is 5.85. The standard InChI is InChI=1S/C6H14N2O2.ClH/c1-8(2)6(9)5(7)4-10-3;/h5H,4,7H2,1-3H3;1H/t5-;/m0./s1. The number of nitrogens with zero attached hydrogens (tertiary/aromatic N) is 1. The Kier molecular flexibility index (Phi) is 7.72. The molecule has 0 aliphatic carbocycles. The second kappa shape index (κ2) is 6.39. The summed E-state index contributed by atoms with van der Waals surface area (Å²) in [5, 5.41) is 0. The van der Waals surface area contributed by atoms with Crippen LogP contribution in [0.15, 0.2) is 0 Å². The summed E-state index contributed by atoms with van der Waals surface area (Å²) in [5.41, 5.74) is 5.41. The van der Waals surface area contributed by atoms with E-state index in [9.17, 15) is 4.79 Å². The van der Waals surface area contributed by atoms with E-state index >= 15 is 0 Å². The van der Waals surface area contributed by atoms with E-state index in [1.807, 2.05) is 0 Å². The Balaban J connectivity index is 0. The highest BCUT2D eigenvalue weighted by Crippen LogP contribution is 1.85. The molecule has 0 saturated heterocycles. The third kappa shape index (κ3) is 5.01. The Morgan fingerprint density at radius 3 is 2.36 bits per heavy atom.